The molecule has 0 radical (unpaired) electrons. The smallest absolute Gasteiger partial charge is 0.339 e. The van der Waals surface area contributed by atoms with Gasteiger partial charge in [0.2, 0.25) is 28.7 Å². The maximum atomic E-state index is 14.6. The van der Waals surface area contributed by atoms with E-state index >= 15 is 0 Å². The average molecular weight is 951 g/mol. The number of fused-ring (bicyclic) bond motifs is 7. The van der Waals surface area contributed by atoms with Crippen LogP contribution in [0.15, 0.2) is 24.3 Å². The molecule has 0 saturated carbocycles. The number of rotatable bonds is 3. The van der Waals surface area contributed by atoms with Gasteiger partial charge in [-0.2, -0.15) is 0 Å². The number of carbonyl (C=O) groups excluding carboxylic acids is 5. The minimum atomic E-state index is -2.82. The Morgan fingerprint density at radius 3 is 1.35 bits per heavy atom. The highest BCUT2D eigenvalue weighted by molar-refractivity contribution is 6.11. The lowest BCUT2D eigenvalue weighted by Gasteiger charge is -2.42. The second-order valence-corrected chi connectivity index (χ2v) is 15.1. The highest BCUT2D eigenvalue weighted by atomic mass is 16.6. The fourth-order valence-corrected chi connectivity index (χ4v) is 8.29. The molecule has 0 fully saturated rings. The monoisotopic (exact) mass is 950 g/mol. The number of carbonyl (C=O) groups is 5. The largest absolute Gasteiger partial charge is 0.504 e. The zero-order valence-corrected chi connectivity index (χ0v) is 33.6. The van der Waals surface area contributed by atoms with Crippen LogP contribution in [0.2, 0.25) is 0 Å². The van der Waals surface area contributed by atoms with E-state index < -0.39 is 214 Å². The number of cyclic esters (lactones) is 3. The Morgan fingerprint density at radius 1 is 0.456 bits per heavy atom. The molecule has 8 rings (SSSR count). The summed E-state index contributed by atoms with van der Waals surface area (Å²) in [4.78, 5) is 70.8. The van der Waals surface area contributed by atoms with Crippen molar-refractivity contribution in [1.82, 2.24) is 0 Å². The molecule has 5 aromatic carbocycles. The summed E-state index contributed by atoms with van der Waals surface area (Å²) in [5.74, 6) is -32.9. The van der Waals surface area contributed by atoms with Gasteiger partial charge < -0.3 is 105 Å². The van der Waals surface area contributed by atoms with Crippen molar-refractivity contribution in [2.45, 2.75) is 30.3 Å². The summed E-state index contributed by atoms with van der Waals surface area (Å²) in [7, 11) is 0.775. The van der Waals surface area contributed by atoms with Crippen LogP contribution in [0.4, 0.5) is 0 Å². The lowest BCUT2D eigenvalue weighted by atomic mass is 9.73. The molecule has 16 N–H and O–H groups in total. The summed E-state index contributed by atoms with van der Waals surface area (Å²) < 4.78 is 27.0. The number of aliphatic hydroxyl groups excluding tert-OH is 1. The molecule has 5 atom stereocenters. The molecule has 2 bridgehead atoms. The van der Waals surface area contributed by atoms with E-state index in [1.54, 1.807) is 0 Å². The number of methoxy groups -OCH3 is 1. The van der Waals surface area contributed by atoms with Crippen LogP contribution < -0.4 is 0 Å². The molecule has 3 aliphatic rings. The number of hydrogen-bond acceptors (Lipinski definition) is 26. The number of benzene rings is 5. The van der Waals surface area contributed by atoms with E-state index in [0.717, 1.165) is 7.11 Å². The Kier molecular flexibility index (Phi) is 10.3. The average Bonchev–Trinajstić information content (AvgIpc) is 3.31. The quantitative estimate of drug-likeness (QED) is 0.0689. The van der Waals surface area contributed by atoms with Crippen molar-refractivity contribution in [3.63, 3.8) is 0 Å². The highest BCUT2D eigenvalue weighted by Crippen LogP contribution is 2.61. The van der Waals surface area contributed by atoms with Crippen LogP contribution in [0.5, 0.6) is 86.2 Å². The van der Waals surface area contributed by atoms with Gasteiger partial charge in [-0.05, 0) is 24.3 Å². The Morgan fingerprint density at radius 2 is 0.853 bits per heavy atom. The third-order valence-electron chi connectivity index (χ3n) is 11.4. The summed E-state index contributed by atoms with van der Waals surface area (Å²) in [5, 5.41) is 176. The summed E-state index contributed by atoms with van der Waals surface area (Å²) in [6.07, 6.45) is -10.9. The molecule has 354 valence electrons. The zero-order valence-electron chi connectivity index (χ0n) is 33.6. The Labute approximate surface area is 374 Å². The molecule has 0 amide bonds. The summed E-state index contributed by atoms with van der Waals surface area (Å²) in [6, 6.07) is 1.62. The molecule has 0 aliphatic carbocycles. The first-order chi connectivity index (χ1) is 31.9. The number of phenols is 15. The van der Waals surface area contributed by atoms with Crippen molar-refractivity contribution in [2.24, 2.45) is 0 Å². The lowest BCUT2D eigenvalue weighted by Crippen LogP contribution is -2.55. The molecule has 26 heteroatoms. The molecule has 5 aromatic rings. The van der Waals surface area contributed by atoms with Crippen molar-refractivity contribution in [1.29, 1.82) is 0 Å². The van der Waals surface area contributed by atoms with Gasteiger partial charge in [-0.1, -0.05) is 0 Å². The normalized spacial score (nSPS) is 19.8. The van der Waals surface area contributed by atoms with E-state index in [2.05, 4.69) is 0 Å². The molecular weight excluding hydrogens is 920 g/mol. The maximum absolute atomic E-state index is 14.6. The van der Waals surface area contributed by atoms with Gasteiger partial charge in [-0.15, -0.1) is 0 Å². The van der Waals surface area contributed by atoms with Crippen LogP contribution in [0.25, 0.3) is 22.3 Å². The maximum Gasteiger partial charge on any atom is 0.339 e. The number of phenolic OH excluding ortho intramolecular Hbond substituents is 15. The highest BCUT2D eigenvalue weighted by Gasteiger charge is 2.55. The molecule has 0 aromatic heterocycles. The first kappa shape index (κ1) is 45.0. The van der Waals surface area contributed by atoms with Gasteiger partial charge >= 0.3 is 29.8 Å². The third-order valence-corrected chi connectivity index (χ3v) is 11.4. The fourth-order valence-electron chi connectivity index (χ4n) is 8.29. The van der Waals surface area contributed by atoms with Crippen LogP contribution in [-0.4, -0.2) is 150 Å². The van der Waals surface area contributed by atoms with Crippen molar-refractivity contribution < 1.29 is 129 Å². The predicted octanol–water partition coefficient (Wildman–Crippen LogP) is 1.36. The SMILES string of the molecule is COC(=O)c1cc(O)c(O)c(O)c1[C@H]1c2c(O)c(O)c(O)c3c2C(=O)O[C@H]1[C@H]([C@H]1OC(=O)c2cc(O)c(O)c(O)c2-c2c(cc(O)c(O)c2O)C(=O)OC[C@H]1O)OC(=O)c1cc(O)c(O)c(O)c1-3. The Bertz CT molecular complexity index is 3140. The molecule has 0 spiro atoms. The number of ether oxygens (including phenoxy) is 5. The van der Waals surface area contributed by atoms with E-state index in [-0.39, 0.29) is 0 Å². The van der Waals surface area contributed by atoms with E-state index in [4.69, 9.17) is 23.7 Å². The Balaban J connectivity index is 1.49. The molecule has 3 aliphatic heterocycles. The standard InChI is InChI=1S/C42H30O26/c1-64-38(59)7-2-11(43)27(51)31(55)19(7)22-21-23-20(32(56)34(58)33(21)57)18-10(5-14(46)26(50)30(18)54)41(62)68-37(36(22)67-42(23)63)35-15(47)6-65-39(60)8-3-12(44)24(48)28(52)16(8)17-9(40(61)66-35)4-13(45)25(49)29(17)53/h2-5,15,22,35-37,43-58H,6H2,1H3/t15-,22+,35+,36-,37+/m1/s1. The predicted molar refractivity (Wildman–Crippen MR) is 212 cm³/mol. The van der Waals surface area contributed by atoms with Gasteiger partial charge in [0.1, 0.15) is 12.7 Å². The van der Waals surface area contributed by atoms with Gasteiger partial charge in [-0.3, -0.25) is 0 Å². The second kappa shape index (κ2) is 15.5. The molecule has 0 unspecified atom stereocenters. The molecular formula is C42H30O26. The van der Waals surface area contributed by atoms with Crippen LogP contribution in [0, 0.1) is 0 Å². The van der Waals surface area contributed by atoms with Gasteiger partial charge in [0, 0.05) is 33.4 Å². The lowest BCUT2D eigenvalue weighted by molar-refractivity contribution is -0.132. The van der Waals surface area contributed by atoms with Crippen LogP contribution >= 0.6 is 0 Å². The summed E-state index contributed by atoms with van der Waals surface area (Å²) in [6.45, 7) is -1.46. The number of aliphatic hydroxyl groups is 1. The van der Waals surface area contributed by atoms with Gasteiger partial charge in [0.15, 0.2) is 75.8 Å². The van der Waals surface area contributed by atoms with Crippen molar-refractivity contribution in [3.05, 3.63) is 63.2 Å². The van der Waals surface area contributed by atoms with E-state index in [9.17, 15) is 106 Å². The van der Waals surface area contributed by atoms with Crippen molar-refractivity contribution in [2.75, 3.05) is 13.7 Å². The first-order valence-corrected chi connectivity index (χ1v) is 18.9. The van der Waals surface area contributed by atoms with Crippen LogP contribution in [-0.2, 0) is 23.7 Å². The van der Waals surface area contributed by atoms with Crippen molar-refractivity contribution in [3.8, 4) is 108 Å². The summed E-state index contributed by atoms with van der Waals surface area (Å²) >= 11 is 0. The second-order valence-electron chi connectivity index (χ2n) is 15.1. The van der Waals surface area contributed by atoms with Gasteiger partial charge in [0.05, 0.1) is 40.8 Å². The molecule has 68 heavy (non-hydrogen) atoms. The van der Waals surface area contributed by atoms with E-state index in [1.807, 2.05) is 0 Å². The van der Waals surface area contributed by atoms with Crippen LogP contribution in [0.1, 0.15) is 68.8 Å². The minimum absolute atomic E-state index is 0.342. The van der Waals surface area contributed by atoms with Gasteiger partial charge in [0.25, 0.3) is 0 Å². The number of hydrogen-bond donors (Lipinski definition) is 16. The zero-order chi connectivity index (χ0) is 49.9. The first-order valence-electron chi connectivity index (χ1n) is 18.9. The topological polar surface area (TPSA) is 455 Å². The third kappa shape index (κ3) is 6.33. The fraction of sp³-hybridized carbons (Fsp3) is 0.167. The van der Waals surface area contributed by atoms with Gasteiger partial charge in [-0.25, -0.2) is 24.0 Å². The Hall–Kier alpha value is -9.59. The molecule has 26 nitrogen and oxygen atoms in total. The molecule has 0 saturated heterocycles. The minimum Gasteiger partial charge on any atom is -0.504 e. The van der Waals surface area contributed by atoms with E-state index in [0.29, 0.717) is 24.3 Å². The van der Waals surface area contributed by atoms with E-state index in [1.165, 1.54) is 0 Å². The van der Waals surface area contributed by atoms with Crippen molar-refractivity contribution >= 4 is 29.8 Å². The number of aromatic hydroxyl groups is 15. The molecule has 3 heterocycles. The van der Waals surface area contributed by atoms with Crippen LogP contribution in [0.3, 0.4) is 0 Å². The number of esters is 5. The summed E-state index contributed by atoms with van der Waals surface area (Å²) in [5.41, 5.74) is -12.4.